The monoisotopic (exact) mass is 329 g/mol. The van der Waals surface area contributed by atoms with Crippen molar-refractivity contribution in [2.24, 2.45) is 0 Å². The van der Waals surface area contributed by atoms with Crippen LogP contribution in [-0.4, -0.2) is 24.9 Å². The summed E-state index contributed by atoms with van der Waals surface area (Å²) in [6.45, 7) is 3.23. The molecule has 6 nitrogen and oxygen atoms in total. The fourth-order valence-electron chi connectivity index (χ4n) is 2.09. The van der Waals surface area contributed by atoms with E-state index in [1.54, 1.807) is 36.6 Å². The Bertz CT molecular complexity index is 653. The molecule has 0 spiro atoms. The summed E-state index contributed by atoms with van der Waals surface area (Å²) in [4.78, 5) is 23.8. The van der Waals surface area contributed by atoms with Crippen LogP contribution < -0.4 is 16.0 Å². The molecule has 0 aliphatic rings. The number of unbranched alkanes of at least 4 members (excludes halogenated alkanes) is 1. The van der Waals surface area contributed by atoms with E-state index in [0.717, 1.165) is 18.5 Å². The lowest BCUT2D eigenvalue weighted by Gasteiger charge is -2.09. The number of hydrogen-bond donors (Lipinski definition) is 3. The van der Waals surface area contributed by atoms with Gasteiger partial charge in [0.05, 0.1) is 19.4 Å². The average molecular weight is 329 g/mol. The Morgan fingerprint density at radius 2 is 2.00 bits per heavy atom. The first-order chi connectivity index (χ1) is 11.7. The average Bonchev–Trinajstić information content (AvgIpc) is 3.12. The first-order valence-electron chi connectivity index (χ1n) is 8.10. The van der Waals surface area contributed by atoms with Crippen LogP contribution in [0.3, 0.4) is 0 Å². The summed E-state index contributed by atoms with van der Waals surface area (Å²) in [6.07, 6.45) is 3.56. The van der Waals surface area contributed by atoms with Crippen LogP contribution in [0.25, 0.3) is 0 Å². The zero-order chi connectivity index (χ0) is 17.2. The van der Waals surface area contributed by atoms with E-state index >= 15 is 0 Å². The van der Waals surface area contributed by atoms with Crippen molar-refractivity contribution >= 4 is 17.5 Å². The van der Waals surface area contributed by atoms with Crippen molar-refractivity contribution in [3.05, 3.63) is 54.0 Å². The summed E-state index contributed by atoms with van der Waals surface area (Å²) in [7, 11) is 0. The maximum Gasteiger partial charge on any atom is 0.251 e. The highest BCUT2D eigenvalue weighted by molar-refractivity contribution is 5.95. The Morgan fingerprint density at radius 1 is 1.12 bits per heavy atom. The molecule has 0 radical (unpaired) electrons. The Kier molecular flexibility index (Phi) is 6.89. The number of furan rings is 1. The van der Waals surface area contributed by atoms with Crippen LogP contribution in [-0.2, 0) is 11.3 Å². The number of carbonyl (C=O) groups excluding carboxylic acids is 2. The van der Waals surface area contributed by atoms with E-state index in [9.17, 15) is 9.59 Å². The molecule has 0 aliphatic carbocycles. The van der Waals surface area contributed by atoms with Gasteiger partial charge in [-0.05, 0) is 36.8 Å². The summed E-state index contributed by atoms with van der Waals surface area (Å²) in [5.74, 6) is 0.452. The van der Waals surface area contributed by atoms with Crippen molar-refractivity contribution in [2.75, 3.05) is 18.4 Å². The minimum Gasteiger partial charge on any atom is -0.467 e. The number of rotatable bonds is 9. The van der Waals surface area contributed by atoms with Gasteiger partial charge in [-0.25, -0.2) is 0 Å². The van der Waals surface area contributed by atoms with Crippen molar-refractivity contribution < 1.29 is 14.0 Å². The Morgan fingerprint density at radius 3 is 2.75 bits per heavy atom. The molecular formula is C18H23N3O3. The lowest BCUT2D eigenvalue weighted by Crippen LogP contribution is -2.29. The Hall–Kier alpha value is -2.76. The van der Waals surface area contributed by atoms with Gasteiger partial charge >= 0.3 is 0 Å². The highest BCUT2D eigenvalue weighted by Crippen LogP contribution is 2.10. The molecule has 3 N–H and O–H groups in total. The van der Waals surface area contributed by atoms with Gasteiger partial charge in [0.2, 0.25) is 5.91 Å². The van der Waals surface area contributed by atoms with Gasteiger partial charge in [0.1, 0.15) is 5.76 Å². The van der Waals surface area contributed by atoms with E-state index in [1.807, 2.05) is 6.07 Å². The fourth-order valence-corrected chi connectivity index (χ4v) is 2.09. The van der Waals surface area contributed by atoms with E-state index in [4.69, 9.17) is 4.42 Å². The van der Waals surface area contributed by atoms with E-state index in [0.29, 0.717) is 24.4 Å². The van der Waals surface area contributed by atoms with Crippen LogP contribution in [0.15, 0.2) is 47.1 Å². The van der Waals surface area contributed by atoms with Crippen molar-refractivity contribution in [1.29, 1.82) is 0 Å². The van der Waals surface area contributed by atoms with Crippen molar-refractivity contribution in [3.63, 3.8) is 0 Å². The lowest BCUT2D eigenvalue weighted by molar-refractivity contribution is -0.119. The van der Waals surface area contributed by atoms with E-state index in [-0.39, 0.29) is 18.4 Å². The van der Waals surface area contributed by atoms with Crippen LogP contribution in [0, 0.1) is 0 Å². The molecule has 1 aromatic heterocycles. The molecule has 1 aromatic carbocycles. The van der Waals surface area contributed by atoms with E-state index in [1.165, 1.54) is 0 Å². The molecule has 0 bridgehead atoms. The Labute approximate surface area is 141 Å². The van der Waals surface area contributed by atoms with Crippen molar-refractivity contribution in [1.82, 2.24) is 10.6 Å². The zero-order valence-electron chi connectivity index (χ0n) is 13.8. The molecule has 2 rings (SSSR count). The summed E-state index contributed by atoms with van der Waals surface area (Å²) in [6, 6.07) is 10.7. The van der Waals surface area contributed by atoms with Crippen LogP contribution >= 0.6 is 0 Å². The largest absolute Gasteiger partial charge is 0.467 e. The predicted molar refractivity (Wildman–Crippen MR) is 92.7 cm³/mol. The second-order valence-corrected chi connectivity index (χ2v) is 5.40. The third kappa shape index (κ3) is 5.79. The normalized spacial score (nSPS) is 10.2. The van der Waals surface area contributed by atoms with Gasteiger partial charge in [-0.15, -0.1) is 0 Å². The number of amides is 2. The predicted octanol–water partition coefficient (Wildman–Crippen LogP) is 2.54. The summed E-state index contributed by atoms with van der Waals surface area (Å²) < 4.78 is 5.15. The maximum absolute atomic E-state index is 12.0. The molecule has 0 unspecified atom stereocenters. The molecule has 2 aromatic rings. The standard InChI is InChI=1S/C18H23N3O3/c1-2-3-9-19-18(23)14-6-4-7-15(11-14)20-13-17(22)21-12-16-8-5-10-24-16/h4-8,10-11,20H,2-3,9,12-13H2,1H3,(H,19,23)(H,21,22). The van der Waals surface area contributed by atoms with E-state index in [2.05, 4.69) is 22.9 Å². The number of hydrogen-bond acceptors (Lipinski definition) is 4. The molecule has 0 fully saturated rings. The number of nitrogens with one attached hydrogen (secondary N) is 3. The third-order valence-corrected chi connectivity index (χ3v) is 3.43. The summed E-state index contributed by atoms with van der Waals surface area (Å²) in [5.41, 5.74) is 1.30. The first kappa shape index (κ1) is 17.6. The quantitative estimate of drug-likeness (QED) is 0.617. The van der Waals surface area contributed by atoms with Crippen LogP contribution in [0.5, 0.6) is 0 Å². The van der Waals surface area contributed by atoms with Gasteiger partial charge < -0.3 is 20.4 Å². The van der Waals surface area contributed by atoms with Crippen molar-refractivity contribution in [3.8, 4) is 0 Å². The first-order valence-corrected chi connectivity index (χ1v) is 8.10. The van der Waals surface area contributed by atoms with Gasteiger partial charge in [-0.1, -0.05) is 19.4 Å². The fraction of sp³-hybridized carbons (Fsp3) is 0.333. The highest BCUT2D eigenvalue weighted by Gasteiger charge is 2.07. The number of carbonyl (C=O) groups is 2. The zero-order valence-corrected chi connectivity index (χ0v) is 13.8. The number of anilines is 1. The molecule has 0 atom stereocenters. The molecule has 0 aliphatic heterocycles. The minimum atomic E-state index is -0.149. The SMILES string of the molecule is CCCCNC(=O)c1cccc(NCC(=O)NCc2ccco2)c1. The molecule has 128 valence electrons. The van der Waals surface area contributed by atoms with E-state index < -0.39 is 0 Å². The minimum absolute atomic E-state index is 0.102. The second kappa shape index (κ2) is 9.39. The molecule has 1 heterocycles. The van der Waals surface area contributed by atoms with Crippen LogP contribution in [0.1, 0.15) is 35.9 Å². The number of benzene rings is 1. The molecule has 24 heavy (non-hydrogen) atoms. The lowest BCUT2D eigenvalue weighted by atomic mass is 10.2. The molecule has 0 saturated heterocycles. The van der Waals surface area contributed by atoms with Gasteiger partial charge in [0.25, 0.3) is 5.91 Å². The van der Waals surface area contributed by atoms with Crippen LogP contribution in [0.4, 0.5) is 5.69 Å². The van der Waals surface area contributed by atoms with Gasteiger partial charge in [0.15, 0.2) is 0 Å². The molecular weight excluding hydrogens is 306 g/mol. The second-order valence-electron chi connectivity index (χ2n) is 5.40. The molecule has 6 heteroatoms. The highest BCUT2D eigenvalue weighted by atomic mass is 16.3. The third-order valence-electron chi connectivity index (χ3n) is 3.43. The summed E-state index contributed by atoms with van der Waals surface area (Å²) in [5, 5.41) is 8.64. The topological polar surface area (TPSA) is 83.4 Å². The van der Waals surface area contributed by atoms with Crippen molar-refractivity contribution in [2.45, 2.75) is 26.3 Å². The molecule has 2 amide bonds. The molecule has 0 saturated carbocycles. The maximum atomic E-state index is 12.0. The van der Waals surface area contributed by atoms with Crippen LogP contribution in [0.2, 0.25) is 0 Å². The smallest absolute Gasteiger partial charge is 0.251 e. The summed E-state index contributed by atoms with van der Waals surface area (Å²) >= 11 is 0. The van der Waals surface area contributed by atoms with Gasteiger partial charge in [-0.2, -0.15) is 0 Å². The Balaban J connectivity index is 1.78. The van der Waals surface area contributed by atoms with Gasteiger partial charge in [-0.3, -0.25) is 9.59 Å². The van der Waals surface area contributed by atoms with Gasteiger partial charge in [0, 0.05) is 17.8 Å².